The number of hydrogen-bond donors (Lipinski definition) is 1. The van der Waals surface area contributed by atoms with Gasteiger partial charge in [-0.3, -0.25) is 18.9 Å². The summed E-state index contributed by atoms with van der Waals surface area (Å²) in [5.74, 6) is -0.137. The number of hydrogen-bond acceptors (Lipinski definition) is 6. The van der Waals surface area contributed by atoms with Crippen LogP contribution in [0.3, 0.4) is 0 Å². The molecule has 0 spiro atoms. The molecule has 1 amide bonds. The lowest BCUT2D eigenvalue weighted by atomic mass is 10.0. The molecule has 0 saturated carbocycles. The molecular formula is C27H31Cl2N5O5S. The first-order chi connectivity index (χ1) is 18.9. The molecule has 1 aromatic heterocycles. The van der Waals surface area contributed by atoms with Crippen LogP contribution in [0, 0.1) is 0 Å². The van der Waals surface area contributed by atoms with Gasteiger partial charge in [-0.25, -0.2) is 13.2 Å². The number of aryl methyl sites for hydroxylation is 1. The molecule has 1 fully saturated rings. The number of likely N-dealkylation sites (N-methyl/N-ethyl adjacent to an activating group) is 1. The predicted octanol–water partition coefficient (Wildman–Crippen LogP) is 3.03. The Labute approximate surface area is 242 Å². The molecule has 1 aliphatic heterocycles. The van der Waals surface area contributed by atoms with Gasteiger partial charge < -0.3 is 14.4 Å². The molecule has 214 valence electrons. The fraction of sp³-hybridized carbons (Fsp3) is 0.370. The number of carbonyl (C=O) groups excluding carboxylic acids is 1. The van der Waals surface area contributed by atoms with Crippen LogP contribution in [0.2, 0.25) is 10.0 Å². The van der Waals surface area contributed by atoms with Crippen molar-refractivity contribution in [1.82, 2.24) is 18.9 Å². The monoisotopic (exact) mass is 607 g/mol. The Balaban J connectivity index is 1.63. The van der Waals surface area contributed by atoms with Crippen LogP contribution in [-0.4, -0.2) is 59.9 Å². The van der Waals surface area contributed by atoms with E-state index in [1.807, 2.05) is 6.07 Å². The van der Waals surface area contributed by atoms with Crippen molar-refractivity contribution in [1.29, 1.82) is 0 Å². The number of sulfonamides is 1. The zero-order chi connectivity index (χ0) is 29.2. The van der Waals surface area contributed by atoms with Crippen molar-refractivity contribution in [3.8, 4) is 0 Å². The molecule has 40 heavy (non-hydrogen) atoms. The van der Waals surface area contributed by atoms with Crippen LogP contribution in [0.15, 0.2) is 63.1 Å². The van der Waals surface area contributed by atoms with E-state index in [1.165, 1.54) is 14.1 Å². The SMILES string of the molecule is CN(C(=O)Cc1ccc(Cl)c(Cl)c1)[C@H](CN1CCCC1)c1cccc(NS(=O)(=O)c2cn(C)c(=O)n(C)c2=O)c1. The molecule has 0 radical (unpaired) electrons. The largest absolute Gasteiger partial charge is 0.337 e. The molecule has 13 heteroatoms. The van der Waals surface area contributed by atoms with Crippen LogP contribution in [-0.2, 0) is 35.3 Å². The van der Waals surface area contributed by atoms with E-state index in [1.54, 1.807) is 48.3 Å². The molecule has 1 saturated heterocycles. The van der Waals surface area contributed by atoms with Crippen molar-refractivity contribution >= 4 is 44.8 Å². The number of likely N-dealkylation sites (tertiary alicyclic amines) is 1. The highest BCUT2D eigenvalue weighted by molar-refractivity contribution is 7.92. The maximum atomic E-state index is 13.4. The third kappa shape index (κ3) is 6.60. The fourth-order valence-electron chi connectivity index (χ4n) is 4.76. The third-order valence-corrected chi connectivity index (χ3v) is 9.16. The van der Waals surface area contributed by atoms with Crippen molar-refractivity contribution in [2.24, 2.45) is 14.1 Å². The van der Waals surface area contributed by atoms with Crippen LogP contribution in [0.5, 0.6) is 0 Å². The first-order valence-electron chi connectivity index (χ1n) is 12.7. The summed E-state index contributed by atoms with van der Waals surface area (Å²) >= 11 is 12.2. The maximum Gasteiger partial charge on any atom is 0.330 e. The summed E-state index contributed by atoms with van der Waals surface area (Å²) in [5.41, 5.74) is 0.123. The Morgan fingerprint density at radius 1 is 1.05 bits per heavy atom. The number of aromatic nitrogens is 2. The van der Waals surface area contributed by atoms with E-state index in [9.17, 15) is 22.8 Å². The van der Waals surface area contributed by atoms with Crippen LogP contribution < -0.4 is 16.0 Å². The van der Waals surface area contributed by atoms with Crippen LogP contribution in [0.25, 0.3) is 0 Å². The first-order valence-corrected chi connectivity index (χ1v) is 14.9. The molecule has 2 aromatic carbocycles. The normalized spacial score (nSPS) is 14.7. The second kappa shape index (κ2) is 12.2. The van der Waals surface area contributed by atoms with E-state index in [4.69, 9.17) is 23.2 Å². The molecular weight excluding hydrogens is 577 g/mol. The van der Waals surface area contributed by atoms with Crippen molar-refractivity contribution in [2.75, 3.05) is 31.4 Å². The average Bonchev–Trinajstić information content (AvgIpc) is 3.43. The van der Waals surface area contributed by atoms with Gasteiger partial charge in [-0.2, -0.15) is 0 Å². The van der Waals surface area contributed by atoms with Crippen LogP contribution in [0.1, 0.15) is 30.0 Å². The Hall–Kier alpha value is -3.12. The number of anilines is 1. The Kier molecular flexibility index (Phi) is 9.09. The zero-order valence-electron chi connectivity index (χ0n) is 22.4. The van der Waals surface area contributed by atoms with Crippen molar-refractivity contribution in [3.63, 3.8) is 0 Å². The van der Waals surface area contributed by atoms with Crippen molar-refractivity contribution < 1.29 is 13.2 Å². The second-order valence-electron chi connectivity index (χ2n) is 9.94. The first kappa shape index (κ1) is 29.9. The lowest BCUT2D eigenvalue weighted by Crippen LogP contribution is -2.40. The van der Waals surface area contributed by atoms with Gasteiger partial charge in [0.05, 0.1) is 22.5 Å². The maximum absolute atomic E-state index is 13.4. The minimum absolute atomic E-state index is 0.117. The predicted molar refractivity (Wildman–Crippen MR) is 156 cm³/mol. The van der Waals surface area contributed by atoms with Gasteiger partial charge in [-0.05, 0) is 61.3 Å². The summed E-state index contributed by atoms with van der Waals surface area (Å²) in [6.07, 6.45) is 3.26. The summed E-state index contributed by atoms with van der Waals surface area (Å²) in [5, 5.41) is 0.782. The fourth-order valence-corrected chi connectivity index (χ4v) is 6.29. The summed E-state index contributed by atoms with van der Waals surface area (Å²) in [4.78, 5) is 41.4. The average molecular weight is 609 g/mol. The van der Waals surface area contributed by atoms with E-state index in [0.717, 1.165) is 52.4 Å². The van der Waals surface area contributed by atoms with Crippen LogP contribution in [0.4, 0.5) is 5.69 Å². The van der Waals surface area contributed by atoms with E-state index < -0.39 is 26.2 Å². The number of rotatable bonds is 9. The topological polar surface area (TPSA) is 114 Å². The van der Waals surface area contributed by atoms with E-state index in [-0.39, 0.29) is 24.1 Å². The minimum Gasteiger partial charge on any atom is -0.337 e. The van der Waals surface area contributed by atoms with Crippen LogP contribution >= 0.6 is 23.2 Å². The van der Waals surface area contributed by atoms with Gasteiger partial charge in [0.2, 0.25) is 5.91 Å². The van der Waals surface area contributed by atoms with E-state index >= 15 is 0 Å². The number of halogens is 2. The Bertz CT molecular complexity index is 1650. The molecule has 0 bridgehead atoms. The number of amides is 1. The Morgan fingerprint density at radius 3 is 2.42 bits per heavy atom. The van der Waals surface area contributed by atoms with Gasteiger partial charge in [-0.1, -0.05) is 41.4 Å². The van der Waals surface area contributed by atoms with Gasteiger partial charge in [0.25, 0.3) is 15.6 Å². The second-order valence-corrected chi connectivity index (χ2v) is 12.4. The molecule has 4 rings (SSSR count). The van der Waals surface area contributed by atoms with E-state index in [0.29, 0.717) is 16.6 Å². The highest BCUT2D eigenvalue weighted by atomic mass is 35.5. The van der Waals surface area contributed by atoms with Crippen molar-refractivity contribution in [2.45, 2.75) is 30.2 Å². The highest BCUT2D eigenvalue weighted by Gasteiger charge is 2.27. The molecule has 1 atom stereocenters. The van der Waals surface area contributed by atoms with Gasteiger partial charge in [-0.15, -0.1) is 0 Å². The van der Waals surface area contributed by atoms with Gasteiger partial charge in [0.15, 0.2) is 4.90 Å². The third-order valence-electron chi connectivity index (χ3n) is 7.06. The highest BCUT2D eigenvalue weighted by Crippen LogP contribution is 2.28. The molecule has 10 nitrogen and oxygen atoms in total. The summed E-state index contributed by atoms with van der Waals surface area (Å²) in [7, 11) is 0.00558. The lowest BCUT2D eigenvalue weighted by molar-refractivity contribution is -0.131. The molecule has 1 N–H and O–H groups in total. The summed E-state index contributed by atoms with van der Waals surface area (Å²) in [6, 6.07) is 11.5. The smallest absolute Gasteiger partial charge is 0.330 e. The minimum atomic E-state index is -4.31. The summed E-state index contributed by atoms with van der Waals surface area (Å²) < 4.78 is 30.6. The van der Waals surface area contributed by atoms with Gasteiger partial charge >= 0.3 is 5.69 Å². The quantitative estimate of drug-likeness (QED) is 0.400. The zero-order valence-corrected chi connectivity index (χ0v) is 24.8. The Morgan fingerprint density at radius 2 is 1.75 bits per heavy atom. The lowest BCUT2D eigenvalue weighted by Gasteiger charge is -2.32. The van der Waals surface area contributed by atoms with Crippen molar-refractivity contribution in [3.05, 3.63) is 90.7 Å². The van der Waals surface area contributed by atoms with E-state index in [2.05, 4.69) is 9.62 Å². The summed E-state index contributed by atoms with van der Waals surface area (Å²) in [6.45, 7) is 2.39. The molecule has 0 aliphatic carbocycles. The number of nitrogens with zero attached hydrogens (tertiary/aromatic N) is 4. The molecule has 0 unspecified atom stereocenters. The number of benzene rings is 2. The molecule has 2 heterocycles. The molecule has 3 aromatic rings. The number of nitrogens with one attached hydrogen (secondary N) is 1. The molecule has 1 aliphatic rings. The van der Waals surface area contributed by atoms with Gasteiger partial charge in [0, 0.05) is 39.6 Å². The number of carbonyl (C=O) groups is 1. The standard InChI is InChI=1S/C27H31Cl2N5O5S/c1-31-17-24(26(36)33(3)27(31)37)40(38,39)30-20-8-6-7-19(15-20)23(16-34-11-4-5-12-34)32(2)25(35)14-18-9-10-21(28)22(29)13-18/h6-10,13,15,17,23,30H,4-5,11-12,14,16H2,1-3H3/t23-/m1/s1. The van der Waals surface area contributed by atoms with Gasteiger partial charge in [0.1, 0.15) is 0 Å².